The minimum absolute atomic E-state index is 0.213. The van der Waals surface area contributed by atoms with E-state index < -0.39 is 39.7 Å². The fourth-order valence-electron chi connectivity index (χ4n) is 5.49. The monoisotopic (exact) mass is 541 g/mol. The van der Waals surface area contributed by atoms with Crippen molar-refractivity contribution in [1.29, 1.82) is 5.26 Å². The smallest absolute Gasteiger partial charge is 0.408 e. The van der Waals surface area contributed by atoms with Crippen molar-refractivity contribution in [3.8, 4) is 17.2 Å². The summed E-state index contributed by atoms with van der Waals surface area (Å²) in [6.07, 6.45) is -0.491. The van der Waals surface area contributed by atoms with Crippen LogP contribution in [0.3, 0.4) is 0 Å². The van der Waals surface area contributed by atoms with Crippen LogP contribution in [0.25, 0.3) is 11.1 Å². The number of fused-ring (bicyclic) bond motifs is 1. The van der Waals surface area contributed by atoms with Gasteiger partial charge in [0.2, 0.25) is 5.91 Å². The van der Waals surface area contributed by atoms with Crippen LogP contribution < -0.4 is 5.32 Å². The van der Waals surface area contributed by atoms with E-state index in [9.17, 15) is 29.1 Å². The second-order valence-corrected chi connectivity index (χ2v) is 13.2. The molecule has 2 heterocycles. The van der Waals surface area contributed by atoms with Crippen molar-refractivity contribution in [1.82, 2.24) is 10.2 Å². The molecular weight excluding hydrogens is 506 g/mol. The summed E-state index contributed by atoms with van der Waals surface area (Å²) in [5, 5.41) is 22.7. The van der Waals surface area contributed by atoms with Crippen molar-refractivity contribution in [2.75, 3.05) is 13.2 Å². The zero-order chi connectivity index (χ0) is 27.7. The topological polar surface area (TPSA) is 143 Å². The molecule has 2 amide bonds. The molecule has 4 rings (SSSR count). The van der Waals surface area contributed by atoms with Gasteiger partial charge in [0.1, 0.15) is 11.6 Å². The third-order valence-electron chi connectivity index (χ3n) is 7.20. The number of amides is 2. The lowest BCUT2D eigenvalue weighted by atomic mass is 9.83. The number of nitrogens with zero attached hydrogens (tertiary/aromatic N) is 2. The summed E-state index contributed by atoms with van der Waals surface area (Å²) in [7, 11) is -2.58. The molecule has 0 spiro atoms. The summed E-state index contributed by atoms with van der Waals surface area (Å²) in [5.41, 5.74) is 2.54. The second kappa shape index (κ2) is 10.6. The van der Waals surface area contributed by atoms with Crippen molar-refractivity contribution in [3.63, 3.8) is 0 Å². The lowest BCUT2D eigenvalue weighted by Crippen LogP contribution is -2.68. The number of nitrogens with one attached hydrogen (secondary N) is 1. The highest BCUT2D eigenvalue weighted by molar-refractivity contribution is 8.23. The number of rotatable bonds is 6. The molecule has 2 aromatic carbocycles. The molecule has 0 saturated carbocycles. The molecule has 1 saturated heterocycles. The molecule has 2 aromatic rings. The highest BCUT2D eigenvalue weighted by Crippen LogP contribution is 2.53. The Hall–Kier alpha value is -3.10. The largest absolute Gasteiger partial charge is 0.465 e. The highest BCUT2D eigenvalue weighted by Gasteiger charge is 2.52. The van der Waals surface area contributed by atoms with Crippen molar-refractivity contribution < 1.29 is 28.5 Å². The summed E-state index contributed by atoms with van der Waals surface area (Å²) >= 11 is 0. The molecular formula is C28H35N3O6S. The first-order valence-corrected chi connectivity index (χ1v) is 14.5. The third-order valence-corrected chi connectivity index (χ3v) is 8.75. The van der Waals surface area contributed by atoms with Crippen LogP contribution in [0.2, 0.25) is 0 Å². The molecule has 4 N–H and O–H groups in total. The minimum Gasteiger partial charge on any atom is -0.465 e. The van der Waals surface area contributed by atoms with Gasteiger partial charge in [-0.15, -0.1) is 0 Å². The summed E-state index contributed by atoms with van der Waals surface area (Å²) in [6, 6.07) is 14.9. The van der Waals surface area contributed by atoms with Gasteiger partial charge in [-0.2, -0.15) is 15.9 Å². The first-order valence-electron chi connectivity index (χ1n) is 12.6. The van der Waals surface area contributed by atoms with E-state index in [0.29, 0.717) is 5.75 Å². The van der Waals surface area contributed by atoms with Gasteiger partial charge in [-0.05, 0) is 54.7 Å². The van der Waals surface area contributed by atoms with Gasteiger partial charge in [0.05, 0.1) is 17.6 Å². The molecule has 0 aliphatic carbocycles. The van der Waals surface area contributed by atoms with Gasteiger partial charge in [0.15, 0.2) is 0 Å². The van der Waals surface area contributed by atoms with Crippen LogP contribution in [-0.2, 0) is 27.5 Å². The normalized spacial score (nSPS) is 19.5. The third kappa shape index (κ3) is 5.81. The van der Waals surface area contributed by atoms with Crippen molar-refractivity contribution >= 4 is 22.6 Å². The lowest BCUT2D eigenvalue weighted by Gasteiger charge is -2.49. The zero-order valence-corrected chi connectivity index (χ0v) is 22.8. The van der Waals surface area contributed by atoms with Crippen LogP contribution in [0.1, 0.15) is 50.3 Å². The number of carbonyl (C=O) groups excluding carboxylic acids is 1. The molecule has 1 atom stereocenters. The van der Waals surface area contributed by atoms with E-state index in [-0.39, 0.29) is 38.2 Å². The van der Waals surface area contributed by atoms with E-state index >= 15 is 0 Å². The molecule has 0 aromatic heterocycles. The molecule has 38 heavy (non-hydrogen) atoms. The standard InChI is InChI=1S/C28H35N3O6S/c1-27(2,3)31(26(33)34)28(10-12-37-13-11-28)25(32)30-24(16-29)14-19-4-6-20(7-5-19)21-8-9-22-17-38(35,36)18-23(22)15-21/h4-9,15,24,35-36H,10-14,17-18H2,1-3H3,(H,30,32)(H,33,34)/t24-/m0/s1. The Morgan fingerprint density at radius 2 is 1.68 bits per heavy atom. The van der Waals surface area contributed by atoms with Crippen LogP contribution in [0, 0.1) is 11.3 Å². The van der Waals surface area contributed by atoms with E-state index in [1.807, 2.05) is 42.5 Å². The van der Waals surface area contributed by atoms with E-state index in [4.69, 9.17) is 4.74 Å². The van der Waals surface area contributed by atoms with E-state index in [2.05, 4.69) is 11.4 Å². The van der Waals surface area contributed by atoms with E-state index in [1.165, 1.54) is 4.90 Å². The summed E-state index contributed by atoms with van der Waals surface area (Å²) in [6.45, 7) is 5.77. The van der Waals surface area contributed by atoms with Gasteiger partial charge in [-0.25, -0.2) is 4.79 Å². The van der Waals surface area contributed by atoms with Crippen LogP contribution in [0.4, 0.5) is 4.79 Å². The molecule has 1 fully saturated rings. The quantitative estimate of drug-likeness (QED) is 0.403. The maximum Gasteiger partial charge on any atom is 0.408 e. The van der Waals surface area contributed by atoms with E-state index in [1.54, 1.807) is 20.8 Å². The first kappa shape index (κ1) is 27.9. The van der Waals surface area contributed by atoms with Crippen LogP contribution >= 0.6 is 10.6 Å². The molecule has 2 aliphatic heterocycles. The number of hydrogen-bond donors (Lipinski definition) is 4. The van der Waals surface area contributed by atoms with Crippen LogP contribution in [0.5, 0.6) is 0 Å². The predicted octanol–water partition coefficient (Wildman–Crippen LogP) is 5.00. The maximum atomic E-state index is 13.6. The number of hydrogen-bond acceptors (Lipinski definition) is 6. The summed E-state index contributed by atoms with van der Waals surface area (Å²) < 4.78 is 25.5. The number of benzene rings is 2. The average molecular weight is 542 g/mol. The molecule has 10 heteroatoms. The maximum absolute atomic E-state index is 13.6. The zero-order valence-electron chi connectivity index (χ0n) is 21.9. The van der Waals surface area contributed by atoms with Gasteiger partial charge in [-0.1, -0.05) is 36.4 Å². The lowest BCUT2D eigenvalue weighted by molar-refractivity contribution is -0.144. The van der Waals surface area contributed by atoms with Crippen LogP contribution in [-0.4, -0.2) is 61.4 Å². The predicted molar refractivity (Wildman–Crippen MR) is 146 cm³/mol. The number of carboxylic acid groups (broad SMARTS) is 1. The van der Waals surface area contributed by atoms with Crippen molar-refractivity contribution in [2.24, 2.45) is 0 Å². The number of nitriles is 1. The van der Waals surface area contributed by atoms with Gasteiger partial charge < -0.3 is 15.2 Å². The van der Waals surface area contributed by atoms with Gasteiger partial charge in [-0.3, -0.25) is 18.8 Å². The Balaban J connectivity index is 1.49. The first-order chi connectivity index (χ1) is 17.8. The average Bonchev–Trinajstić information content (AvgIpc) is 3.16. The van der Waals surface area contributed by atoms with Crippen molar-refractivity contribution in [2.45, 2.75) is 68.7 Å². The fraction of sp³-hybridized carbons (Fsp3) is 0.464. The molecule has 204 valence electrons. The molecule has 0 radical (unpaired) electrons. The van der Waals surface area contributed by atoms with Gasteiger partial charge >= 0.3 is 6.09 Å². The Morgan fingerprint density at radius 1 is 1.08 bits per heavy atom. The Morgan fingerprint density at radius 3 is 2.26 bits per heavy atom. The summed E-state index contributed by atoms with van der Waals surface area (Å²) in [5.74, 6) is 0.0993. The molecule has 0 bridgehead atoms. The van der Waals surface area contributed by atoms with Crippen LogP contribution in [0.15, 0.2) is 42.5 Å². The SMILES string of the molecule is CC(C)(C)N(C(=O)O)C1(C(=O)N[C@H](C#N)Cc2ccc(-c3ccc4c(c3)CS(O)(O)C4)cc2)CCOCC1. The highest BCUT2D eigenvalue weighted by atomic mass is 32.3. The minimum atomic E-state index is -2.58. The molecule has 9 nitrogen and oxygen atoms in total. The summed E-state index contributed by atoms with van der Waals surface area (Å²) in [4.78, 5) is 27.1. The molecule has 2 aliphatic rings. The second-order valence-electron chi connectivity index (χ2n) is 11.1. The van der Waals surface area contributed by atoms with E-state index in [0.717, 1.165) is 27.8 Å². The van der Waals surface area contributed by atoms with Gasteiger partial charge in [0, 0.05) is 38.0 Å². The Labute approximate surface area is 224 Å². The van der Waals surface area contributed by atoms with Crippen molar-refractivity contribution in [3.05, 3.63) is 59.2 Å². The Kier molecular flexibility index (Phi) is 7.77. The number of ether oxygens (including phenoxy) is 1. The number of carbonyl (C=O) groups is 2. The fourth-order valence-corrected chi connectivity index (χ4v) is 7.14. The molecule has 0 unspecified atom stereocenters. The Bertz CT molecular complexity index is 1240. The van der Waals surface area contributed by atoms with Gasteiger partial charge in [0.25, 0.3) is 0 Å².